The number of fused-ring (bicyclic) bond motifs is 4. The van der Waals surface area contributed by atoms with Gasteiger partial charge in [-0.05, 0) is 6.07 Å². The van der Waals surface area contributed by atoms with Gasteiger partial charge >= 0.3 is 5.97 Å². The number of aromatic carboxylic acids is 1. The smallest absolute Gasteiger partial charge is 0.341 e. The molecule has 0 radical (unpaired) electrons. The third-order valence-electron chi connectivity index (χ3n) is 7.12. The molecule has 10 nitrogen and oxygen atoms in total. The number of benzene rings is 1. The summed E-state index contributed by atoms with van der Waals surface area (Å²) in [4.78, 5) is 37.9. The molecule has 39 heavy (non-hydrogen) atoms. The minimum Gasteiger partial charge on any atom is -0.477 e. The van der Waals surface area contributed by atoms with Gasteiger partial charge in [0.1, 0.15) is 29.1 Å². The van der Waals surface area contributed by atoms with E-state index in [1.54, 1.807) is 14.1 Å². The van der Waals surface area contributed by atoms with Gasteiger partial charge < -0.3 is 30.0 Å². The minimum absolute atomic E-state index is 0.0133. The second-order valence-corrected chi connectivity index (χ2v) is 9.46. The van der Waals surface area contributed by atoms with Gasteiger partial charge in [-0.2, -0.15) is 0 Å². The minimum atomic E-state index is -1.60. The lowest BCUT2D eigenvalue weighted by Crippen LogP contribution is -2.22. The molecule has 2 atom stereocenters. The molecule has 200 valence electrons. The predicted octanol–water partition coefficient (Wildman–Crippen LogP) is 3.17. The SMILES string of the molecule is CNc1cc(F)c(F)c2c1[nH]c1ncc(-c3cnc4c(c3)c(=O)c(C(=O)O)cn4C)c(N3CC(F)[C@@H](O)C3)c12. The fourth-order valence-corrected chi connectivity index (χ4v) is 5.27. The number of pyridine rings is 3. The van der Waals surface area contributed by atoms with Gasteiger partial charge in [0.15, 0.2) is 11.6 Å². The van der Waals surface area contributed by atoms with E-state index < -0.39 is 40.9 Å². The Morgan fingerprint density at radius 2 is 1.95 bits per heavy atom. The van der Waals surface area contributed by atoms with Crippen molar-refractivity contribution in [2.75, 3.05) is 30.4 Å². The third-order valence-corrected chi connectivity index (χ3v) is 7.12. The lowest BCUT2D eigenvalue weighted by molar-refractivity contribution is 0.0695. The van der Waals surface area contributed by atoms with Gasteiger partial charge in [-0.1, -0.05) is 0 Å². The average molecular weight is 538 g/mol. The Kier molecular flexibility index (Phi) is 5.50. The molecule has 6 rings (SSSR count). The Bertz CT molecular complexity index is 1890. The number of nitrogens with one attached hydrogen (secondary N) is 2. The number of carboxylic acid groups (broad SMARTS) is 1. The highest BCUT2D eigenvalue weighted by atomic mass is 19.2. The first-order valence-electron chi connectivity index (χ1n) is 11.9. The van der Waals surface area contributed by atoms with Crippen LogP contribution in [-0.2, 0) is 7.05 Å². The maximum absolute atomic E-state index is 15.4. The summed E-state index contributed by atoms with van der Waals surface area (Å²) in [5.41, 5.74) is 0.600. The van der Waals surface area contributed by atoms with E-state index in [0.29, 0.717) is 11.1 Å². The molecule has 1 aromatic carbocycles. The topological polar surface area (TPSA) is 136 Å². The highest BCUT2D eigenvalue weighted by molar-refractivity contribution is 6.18. The largest absolute Gasteiger partial charge is 0.477 e. The van der Waals surface area contributed by atoms with Crippen molar-refractivity contribution in [3.05, 3.63) is 58.1 Å². The molecule has 1 aliphatic rings. The molecule has 1 saturated heterocycles. The molecular formula is C26H21F3N6O4. The zero-order chi connectivity index (χ0) is 27.7. The van der Waals surface area contributed by atoms with Crippen molar-refractivity contribution in [1.29, 1.82) is 0 Å². The molecule has 13 heteroatoms. The fraction of sp³-hybridized carbons (Fsp3) is 0.231. The summed E-state index contributed by atoms with van der Waals surface area (Å²) in [6, 6.07) is 2.45. The molecule has 4 aromatic heterocycles. The Balaban J connectivity index is 1.72. The van der Waals surface area contributed by atoms with E-state index in [-0.39, 0.29) is 57.4 Å². The lowest BCUT2D eigenvalue weighted by Gasteiger charge is -2.23. The number of aromatic amines is 1. The molecule has 0 bridgehead atoms. The van der Waals surface area contributed by atoms with Crippen molar-refractivity contribution < 1.29 is 28.2 Å². The van der Waals surface area contributed by atoms with E-state index in [2.05, 4.69) is 20.3 Å². The van der Waals surface area contributed by atoms with Crippen LogP contribution in [0.2, 0.25) is 0 Å². The van der Waals surface area contributed by atoms with Crippen LogP contribution in [0.25, 0.3) is 44.1 Å². The maximum atomic E-state index is 15.4. The van der Waals surface area contributed by atoms with Gasteiger partial charge in [0.2, 0.25) is 5.43 Å². The lowest BCUT2D eigenvalue weighted by atomic mass is 10.0. The van der Waals surface area contributed by atoms with Crippen LogP contribution in [0.5, 0.6) is 0 Å². The number of β-amino-alcohol motifs (C(OH)–C–C–N with tert-alkyl or cyclic N) is 1. The van der Waals surface area contributed by atoms with Crippen molar-refractivity contribution in [1.82, 2.24) is 19.5 Å². The van der Waals surface area contributed by atoms with Crippen molar-refractivity contribution >= 4 is 50.3 Å². The molecule has 0 aliphatic carbocycles. The number of nitrogens with zero attached hydrogens (tertiary/aromatic N) is 4. The number of aromatic nitrogens is 4. The summed E-state index contributed by atoms with van der Waals surface area (Å²) >= 11 is 0. The molecule has 5 heterocycles. The van der Waals surface area contributed by atoms with Crippen LogP contribution in [0.15, 0.2) is 35.5 Å². The Hall–Kier alpha value is -4.65. The second-order valence-electron chi connectivity index (χ2n) is 9.46. The van der Waals surface area contributed by atoms with E-state index >= 15 is 4.39 Å². The number of aliphatic hydroxyl groups excluding tert-OH is 1. The number of hydrogen-bond acceptors (Lipinski definition) is 7. The predicted molar refractivity (Wildman–Crippen MR) is 139 cm³/mol. The molecule has 0 spiro atoms. The van der Waals surface area contributed by atoms with Gasteiger partial charge in [-0.25, -0.2) is 27.9 Å². The third kappa shape index (κ3) is 3.61. The summed E-state index contributed by atoms with van der Waals surface area (Å²) in [6.45, 7) is -0.372. The van der Waals surface area contributed by atoms with Gasteiger partial charge in [-0.15, -0.1) is 0 Å². The average Bonchev–Trinajstić information content (AvgIpc) is 3.47. The standard InChI is InChI=1S/C26H21F3N6O4/c1-30-16-4-14(27)20(29)18-19-22(35-8-15(28)17(36)9-35)12(6-31-24(19)33-21(16)18)10-3-11-23(37)13(26(38)39)7-34(2)25(11)32-5-10/h3-7,15,17,30,36H,8-9H2,1-2H3,(H,31,33)(H,38,39)/t15?,17-/m0/s1. The maximum Gasteiger partial charge on any atom is 0.341 e. The first-order chi connectivity index (χ1) is 18.6. The highest BCUT2D eigenvalue weighted by Gasteiger charge is 2.35. The number of alkyl halides is 1. The number of H-pyrrole nitrogens is 1. The van der Waals surface area contributed by atoms with Crippen LogP contribution in [-0.4, -0.2) is 68.1 Å². The molecule has 4 N–H and O–H groups in total. The Morgan fingerprint density at radius 3 is 2.62 bits per heavy atom. The zero-order valence-corrected chi connectivity index (χ0v) is 20.6. The summed E-state index contributed by atoms with van der Waals surface area (Å²) in [7, 11) is 3.10. The van der Waals surface area contributed by atoms with E-state index in [9.17, 15) is 28.6 Å². The van der Waals surface area contributed by atoms with E-state index in [1.807, 2.05) is 0 Å². The van der Waals surface area contributed by atoms with Crippen LogP contribution in [0.1, 0.15) is 10.4 Å². The van der Waals surface area contributed by atoms with Crippen LogP contribution in [0.4, 0.5) is 24.5 Å². The number of aliphatic hydroxyl groups is 1. The first kappa shape index (κ1) is 24.7. The number of carbonyl (C=O) groups is 1. The summed E-state index contributed by atoms with van der Waals surface area (Å²) < 4.78 is 46.0. The van der Waals surface area contributed by atoms with Crippen molar-refractivity contribution in [2.24, 2.45) is 7.05 Å². The molecule has 5 aromatic rings. The molecule has 1 aliphatic heterocycles. The van der Waals surface area contributed by atoms with Crippen LogP contribution in [0, 0.1) is 11.6 Å². The molecule has 1 unspecified atom stereocenters. The van der Waals surface area contributed by atoms with E-state index in [0.717, 1.165) is 6.07 Å². The van der Waals surface area contributed by atoms with Crippen molar-refractivity contribution in [3.8, 4) is 11.1 Å². The number of carboxylic acids is 1. The van der Waals surface area contributed by atoms with E-state index in [1.165, 1.54) is 34.1 Å². The number of rotatable bonds is 4. The number of anilines is 2. The van der Waals surface area contributed by atoms with Gasteiger partial charge in [0.25, 0.3) is 0 Å². The number of halogens is 3. The van der Waals surface area contributed by atoms with Crippen LogP contribution < -0.4 is 15.6 Å². The molecule has 0 amide bonds. The first-order valence-corrected chi connectivity index (χ1v) is 11.9. The van der Waals surface area contributed by atoms with Crippen molar-refractivity contribution in [2.45, 2.75) is 12.3 Å². The Labute approximate surface area is 217 Å². The molecule has 0 saturated carbocycles. The normalized spacial score (nSPS) is 17.5. The summed E-state index contributed by atoms with van der Waals surface area (Å²) in [6.07, 6.45) is 1.11. The monoisotopic (exact) mass is 538 g/mol. The summed E-state index contributed by atoms with van der Waals surface area (Å²) in [5, 5.41) is 22.6. The van der Waals surface area contributed by atoms with Gasteiger partial charge in [0.05, 0.1) is 39.6 Å². The number of aryl methyl sites for hydroxylation is 1. The molecule has 1 fully saturated rings. The van der Waals surface area contributed by atoms with Crippen LogP contribution >= 0.6 is 0 Å². The van der Waals surface area contributed by atoms with Gasteiger partial charge in [-0.3, -0.25) is 4.79 Å². The second kappa shape index (κ2) is 8.70. The summed E-state index contributed by atoms with van der Waals surface area (Å²) in [5.74, 6) is -3.64. The van der Waals surface area contributed by atoms with E-state index in [4.69, 9.17) is 0 Å². The molecular weight excluding hydrogens is 517 g/mol. The Morgan fingerprint density at radius 1 is 1.18 bits per heavy atom. The number of hydrogen-bond donors (Lipinski definition) is 4. The van der Waals surface area contributed by atoms with Crippen LogP contribution in [0.3, 0.4) is 0 Å². The quantitative estimate of drug-likeness (QED) is 0.274. The van der Waals surface area contributed by atoms with Gasteiger partial charge in [0, 0.05) is 56.4 Å². The zero-order valence-electron chi connectivity index (χ0n) is 20.6. The fourth-order valence-electron chi connectivity index (χ4n) is 5.27. The highest BCUT2D eigenvalue weighted by Crippen LogP contribution is 2.44. The van der Waals surface area contributed by atoms with Crippen molar-refractivity contribution in [3.63, 3.8) is 0 Å².